The van der Waals surface area contributed by atoms with Crippen molar-refractivity contribution in [1.82, 2.24) is 0 Å². The second-order valence-electron chi connectivity index (χ2n) is 5.22. The molecule has 1 aliphatic heterocycles. The third-order valence-electron chi connectivity index (χ3n) is 2.78. The van der Waals surface area contributed by atoms with Crippen molar-refractivity contribution in [2.45, 2.75) is 59.7 Å². The fourth-order valence-electron chi connectivity index (χ4n) is 1.59. The zero-order chi connectivity index (χ0) is 11.3. The van der Waals surface area contributed by atoms with Gasteiger partial charge in [-0.2, -0.15) is 0 Å². The molecule has 2 nitrogen and oxygen atoms in total. The van der Waals surface area contributed by atoms with Gasteiger partial charge in [-0.1, -0.05) is 34.1 Å². The molecule has 0 saturated carbocycles. The average Bonchev–Trinajstić information content (AvgIpc) is 2.18. The van der Waals surface area contributed by atoms with Crippen molar-refractivity contribution < 1.29 is 9.47 Å². The first-order valence-corrected chi connectivity index (χ1v) is 6.00. The van der Waals surface area contributed by atoms with E-state index in [2.05, 4.69) is 27.7 Å². The Kier molecular flexibility index (Phi) is 4.65. The van der Waals surface area contributed by atoms with E-state index < -0.39 is 0 Å². The lowest BCUT2D eigenvalue weighted by molar-refractivity contribution is -0.118. The lowest BCUT2D eigenvalue weighted by atomic mass is 9.84. The largest absolute Gasteiger partial charge is 0.473 e. The van der Waals surface area contributed by atoms with Crippen LogP contribution in [0, 0.1) is 5.41 Å². The molecule has 0 aromatic heterocycles. The van der Waals surface area contributed by atoms with Crippen molar-refractivity contribution in [3.63, 3.8) is 0 Å². The van der Waals surface area contributed by atoms with Gasteiger partial charge in [0.05, 0.1) is 12.9 Å². The summed E-state index contributed by atoms with van der Waals surface area (Å²) in [4.78, 5) is 0. The third-order valence-corrected chi connectivity index (χ3v) is 2.78. The Bertz CT molecular complexity index is 213. The molecule has 2 heteroatoms. The minimum Gasteiger partial charge on any atom is -0.473 e. The maximum Gasteiger partial charge on any atom is 0.199 e. The summed E-state index contributed by atoms with van der Waals surface area (Å²) in [6.45, 7) is 9.66. The van der Waals surface area contributed by atoms with E-state index in [1.807, 2.05) is 6.26 Å². The fourth-order valence-corrected chi connectivity index (χ4v) is 1.59. The molecule has 0 fully saturated rings. The average molecular weight is 212 g/mol. The Morgan fingerprint density at radius 2 is 2.20 bits per heavy atom. The summed E-state index contributed by atoms with van der Waals surface area (Å²) in [5, 5.41) is 0. The van der Waals surface area contributed by atoms with Crippen LogP contribution in [0.2, 0.25) is 0 Å². The molecule has 0 N–H and O–H groups in total. The predicted molar refractivity (Wildman–Crippen MR) is 62.5 cm³/mol. The minimum absolute atomic E-state index is 0.0114. The van der Waals surface area contributed by atoms with E-state index in [4.69, 9.17) is 9.47 Å². The molecule has 1 unspecified atom stereocenters. The van der Waals surface area contributed by atoms with E-state index in [0.29, 0.717) is 0 Å². The van der Waals surface area contributed by atoms with Gasteiger partial charge in [0.25, 0.3) is 0 Å². The van der Waals surface area contributed by atoms with Gasteiger partial charge in [0.1, 0.15) is 0 Å². The highest BCUT2D eigenvalue weighted by molar-refractivity contribution is 5.09. The smallest absolute Gasteiger partial charge is 0.199 e. The molecule has 0 spiro atoms. The van der Waals surface area contributed by atoms with E-state index in [9.17, 15) is 0 Å². The molecule has 1 atom stereocenters. The molecule has 0 radical (unpaired) electrons. The summed E-state index contributed by atoms with van der Waals surface area (Å²) in [5.74, 6) is 0. The molecule has 1 rings (SSSR count). The number of hydrogen-bond acceptors (Lipinski definition) is 2. The van der Waals surface area contributed by atoms with Gasteiger partial charge in [-0.15, -0.1) is 0 Å². The molecular weight excluding hydrogens is 188 g/mol. The number of hydrogen-bond donors (Lipinski definition) is 0. The summed E-state index contributed by atoms with van der Waals surface area (Å²) in [5.41, 5.74) is 1.62. The van der Waals surface area contributed by atoms with Gasteiger partial charge in [-0.05, 0) is 23.8 Å². The second-order valence-corrected chi connectivity index (χ2v) is 5.22. The molecule has 0 amide bonds. The summed E-state index contributed by atoms with van der Waals surface area (Å²) in [6.07, 6.45) is 6.28. The Morgan fingerprint density at radius 3 is 2.67 bits per heavy atom. The topological polar surface area (TPSA) is 18.5 Å². The molecule has 0 bridgehead atoms. The minimum atomic E-state index is -0.0114. The van der Waals surface area contributed by atoms with Gasteiger partial charge in [-0.3, -0.25) is 0 Å². The Balaban J connectivity index is 2.31. The van der Waals surface area contributed by atoms with Crippen molar-refractivity contribution >= 4 is 0 Å². The van der Waals surface area contributed by atoms with Crippen LogP contribution in [0.15, 0.2) is 11.8 Å². The standard InChI is InChI=1S/C13H24O2/c1-5-6-9-14-12-8-7-11(10-15-12)13(2,3)4/h10,12H,5-9H2,1-4H3. The van der Waals surface area contributed by atoms with Gasteiger partial charge in [-0.25, -0.2) is 0 Å². The summed E-state index contributed by atoms with van der Waals surface area (Å²) in [7, 11) is 0. The number of rotatable bonds is 4. The van der Waals surface area contributed by atoms with Crippen LogP contribution in [0.3, 0.4) is 0 Å². The maximum absolute atomic E-state index is 5.62. The van der Waals surface area contributed by atoms with E-state index >= 15 is 0 Å². The maximum atomic E-state index is 5.62. The first-order chi connectivity index (χ1) is 7.04. The van der Waals surface area contributed by atoms with Crippen LogP contribution in [0.5, 0.6) is 0 Å². The molecule has 0 aliphatic carbocycles. The van der Waals surface area contributed by atoms with Crippen LogP contribution in [0.1, 0.15) is 53.4 Å². The molecule has 88 valence electrons. The van der Waals surface area contributed by atoms with E-state index in [1.165, 1.54) is 12.0 Å². The summed E-state index contributed by atoms with van der Waals surface area (Å²) < 4.78 is 11.2. The van der Waals surface area contributed by atoms with E-state index in [1.54, 1.807) is 0 Å². The summed E-state index contributed by atoms with van der Waals surface area (Å²) in [6, 6.07) is 0. The van der Waals surface area contributed by atoms with E-state index in [-0.39, 0.29) is 11.7 Å². The van der Waals surface area contributed by atoms with Gasteiger partial charge >= 0.3 is 0 Å². The van der Waals surface area contributed by atoms with Crippen molar-refractivity contribution in [2.75, 3.05) is 6.61 Å². The monoisotopic (exact) mass is 212 g/mol. The van der Waals surface area contributed by atoms with Crippen LogP contribution in [0.25, 0.3) is 0 Å². The second kappa shape index (κ2) is 5.55. The normalized spacial score (nSPS) is 22.1. The Morgan fingerprint density at radius 1 is 1.47 bits per heavy atom. The molecule has 0 saturated heterocycles. The lowest BCUT2D eigenvalue weighted by Crippen LogP contribution is -2.23. The van der Waals surface area contributed by atoms with Gasteiger partial charge in [0.2, 0.25) is 0 Å². The highest BCUT2D eigenvalue weighted by Gasteiger charge is 2.23. The van der Waals surface area contributed by atoms with Crippen LogP contribution >= 0.6 is 0 Å². The van der Waals surface area contributed by atoms with Crippen molar-refractivity contribution in [3.05, 3.63) is 11.8 Å². The predicted octanol–water partition coefficient (Wildman–Crippen LogP) is 3.87. The zero-order valence-electron chi connectivity index (χ0n) is 10.5. The molecule has 0 aromatic rings. The van der Waals surface area contributed by atoms with Crippen molar-refractivity contribution in [2.24, 2.45) is 5.41 Å². The highest BCUT2D eigenvalue weighted by Crippen LogP contribution is 2.32. The van der Waals surface area contributed by atoms with Crippen LogP contribution < -0.4 is 0 Å². The van der Waals surface area contributed by atoms with Crippen LogP contribution in [-0.2, 0) is 9.47 Å². The molecule has 1 heterocycles. The van der Waals surface area contributed by atoms with Crippen molar-refractivity contribution in [3.8, 4) is 0 Å². The fraction of sp³-hybridized carbons (Fsp3) is 0.846. The van der Waals surface area contributed by atoms with Gasteiger partial charge in [0, 0.05) is 6.42 Å². The molecule has 0 aromatic carbocycles. The molecule has 15 heavy (non-hydrogen) atoms. The molecular formula is C13H24O2. The van der Waals surface area contributed by atoms with Gasteiger partial charge < -0.3 is 9.47 Å². The quantitative estimate of drug-likeness (QED) is 0.659. The Labute approximate surface area is 93.7 Å². The first-order valence-electron chi connectivity index (χ1n) is 6.00. The van der Waals surface area contributed by atoms with Crippen LogP contribution in [0.4, 0.5) is 0 Å². The highest BCUT2D eigenvalue weighted by atomic mass is 16.7. The van der Waals surface area contributed by atoms with Crippen LogP contribution in [-0.4, -0.2) is 12.9 Å². The SMILES string of the molecule is CCCCOC1CCC(C(C)(C)C)=CO1. The number of unbranched alkanes of at least 4 members (excludes halogenated alkanes) is 1. The summed E-state index contributed by atoms with van der Waals surface area (Å²) >= 11 is 0. The van der Waals surface area contributed by atoms with Gasteiger partial charge in [0.15, 0.2) is 6.29 Å². The van der Waals surface area contributed by atoms with Crippen molar-refractivity contribution in [1.29, 1.82) is 0 Å². The number of allylic oxidation sites excluding steroid dienone is 1. The number of ether oxygens (including phenoxy) is 2. The lowest BCUT2D eigenvalue weighted by Gasteiger charge is -2.29. The van der Waals surface area contributed by atoms with E-state index in [0.717, 1.165) is 25.9 Å². The third kappa shape index (κ3) is 4.25. The molecule has 1 aliphatic rings. The Hall–Kier alpha value is -0.500. The zero-order valence-corrected chi connectivity index (χ0v) is 10.5. The first kappa shape index (κ1) is 12.6.